The van der Waals surface area contributed by atoms with Crippen LogP contribution in [0, 0.1) is 5.41 Å². The molecular formula is C19H20N6O. The fourth-order valence-corrected chi connectivity index (χ4v) is 3.25. The monoisotopic (exact) mass is 348 g/mol. The molecule has 0 spiro atoms. The Morgan fingerprint density at radius 1 is 1.08 bits per heavy atom. The minimum Gasteiger partial charge on any atom is -0.351 e. The molecule has 132 valence electrons. The molecule has 1 saturated heterocycles. The highest BCUT2D eigenvalue weighted by atomic mass is 16.2. The van der Waals surface area contributed by atoms with E-state index in [0.717, 1.165) is 17.5 Å². The summed E-state index contributed by atoms with van der Waals surface area (Å²) < 4.78 is 0. The lowest BCUT2D eigenvalue weighted by Crippen LogP contribution is -2.62. The third-order valence-electron chi connectivity index (χ3n) is 4.78. The molecule has 3 N–H and O–H groups in total. The molecule has 0 aliphatic carbocycles. The first-order valence-corrected chi connectivity index (χ1v) is 8.61. The van der Waals surface area contributed by atoms with Crippen LogP contribution in [0.15, 0.2) is 54.6 Å². The first-order chi connectivity index (χ1) is 12.8. The highest BCUT2D eigenvalue weighted by Crippen LogP contribution is 2.28. The van der Waals surface area contributed by atoms with Gasteiger partial charge in [-0.25, -0.2) is 0 Å². The van der Waals surface area contributed by atoms with Crippen molar-refractivity contribution in [2.24, 2.45) is 5.41 Å². The SMILES string of the molecule is O=C(NCc1cccc(-c2nn[nH]n2)c1)C1(Cc2ccccc2)CNC1. The summed E-state index contributed by atoms with van der Waals surface area (Å²) in [7, 11) is 0. The van der Waals surface area contributed by atoms with Crippen molar-refractivity contribution in [2.45, 2.75) is 13.0 Å². The van der Waals surface area contributed by atoms with Crippen LogP contribution in [0.2, 0.25) is 0 Å². The Balaban J connectivity index is 1.42. The number of hydrogen-bond acceptors (Lipinski definition) is 5. The number of hydrogen-bond donors (Lipinski definition) is 3. The minimum absolute atomic E-state index is 0.0880. The van der Waals surface area contributed by atoms with Gasteiger partial charge >= 0.3 is 0 Å². The van der Waals surface area contributed by atoms with Crippen molar-refractivity contribution in [3.05, 3.63) is 65.7 Å². The lowest BCUT2D eigenvalue weighted by molar-refractivity contribution is -0.134. The van der Waals surface area contributed by atoms with Gasteiger partial charge in [0.2, 0.25) is 11.7 Å². The average Bonchev–Trinajstić information content (AvgIpc) is 3.19. The van der Waals surface area contributed by atoms with Gasteiger partial charge in [0.25, 0.3) is 0 Å². The number of rotatable bonds is 6. The molecule has 3 aromatic rings. The van der Waals surface area contributed by atoms with Crippen LogP contribution in [0.3, 0.4) is 0 Å². The maximum atomic E-state index is 12.8. The molecule has 2 aromatic carbocycles. The molecule has 1 aromatic heterocycles. The van der Waals surface area contributed by atoms with E-state index in [0.29, 0.717) is 25.5 Å². The zero-order valence-corrected chi connectivity index (χ0v) is 14.3. The normalized spacial score (nSPS) is 15.2. The predicted octanol–water partition coefficient (Wildman–Crippen LogP) is 1.32. The van der Waals surface area contributed by atoms with Crippen molar-refractivity contribution in [1.29, 1.82) is 0 Å². The van der Waals surface area contributed by atoms with E-state index in [9.17, 15) is 4.79 Å². The van der Waals surface area contributed by atoms with Crippen LogP contribution in [0.4, 0.5) is 0 Å². The number of tetrazole rings is 1. The molecule has 26 heavy (non-hydrogen) atoms. The molecule has 0 bridgehead atoms. The second-order valence-corrected chi connectivity index (χ2v) is 6.66. The predicted molar refractivity (Wildman–Crippen MR) is 96.9 cm³/mol. The van der Waals surface area contributed by atoms with Gasteiger partial charge in [-0.3, -0.25) is 4.79 Å². The van der Waals surface area contributed by atoms with Gasteiger partial charge in [0.15, 0.2) is 0 Å². The molecule has 1 amide bonds. The van der Waals surface area contributed by atoms with E-state index in [1.165, 1.54) is 5.56 Å². The molecule has 0 saturated carbocycles. The number of nitrogens with one attached hydrogen (secondary N) is 3. The van der Waals surface area contributed by atoms with Crippen molar-refractivity contribution in [1.82, 2.24) is 31.3 Å². The smallest absolute Gasteiger partial charge is 0.229 e. The molecular weight excluding hydrogens is 328 g/mol. The maximum Gasteiger partial charge on any atom is 0.229 e. The van der Waals surface area contributed by atoms with E-state index in [2.05, 4.69) is 43.4 Å². The number of aromatic amines is 1. The Morgan fingerprint density at radius 3 is 2.58 bits per heavy atom. The third-order valence-corrected chi connectivity index (χ3v) is 4.78. The molecule has 2 heterocycles. The second-order valence-electron chi connectivity index (χ2n) is 6.66. The Hall–Kier alpha value is -3.06. The second kappa shape index (κ2) is 7.05. The van der Waals surface area contributed by atoms with E-state index in [1.54, 1.807) is 0 Å². The van der Waals surface area contributed by atoms with E-state index in [4.69, 9.17) is 0 Å². The van der Waals surface area contributed by atoms with Crippen LogP contribution in [-0.2, 0) is 17.8 Å². The van der Waals surface area contributed by atoms with Gasteiger partial charge in [0.05, 0.1) is 5.41 Å². The van der Waals surface area contributed by atoms with Crippen LogP contribution >= 0.6 is 0 Å². The van der Waals surface area contributed by atoms with Crippen molar-refractivity contribution in [3.8, 4) is 11.4 Å². The molecule has 7 heteroatoms. The summed E-state index contributed by atoms with van der Waals surface area (Å²) in [5.41, 5.74) is 2.69. The van der Waals surface area contributed by atoms with Crippen LogP contribution in [0.1, 0.15) is 11.1 Å². The summed E-state index contributed by atoms with van der Waals surface area (Å²) in [5, 5.41) is 20.3. The number of amides is 1. The largest absolute Gasteiger partial charge is 0.351 e. The number of aromatic nitrogens is 4. The van der Waals surface area contributed by atoms with Gasteiger partial charge in [-0.1, -0.05) is 48.5 Å². The summed E-state index contributed by atoms with van der Waals surface area (Å²) in [6.45, 7) is 1.88. The first kappa shape index (κ1) is 16.4. The molecule has 0 unspecified atom stereocenters. The summed E-state index contributed by atoms with van der Waals surface area (Å²) >= 11 is 0. The van der Waals surface area contributed by atoms with Crippen LogP contribution < -0.4 is 10.6 Å². The van der Waals surface area contributed by atoms with Crippen LogP contribution in [-0.4, -0.2) is 39.6 Å². The zero-order valence-electron chi connectivity index (χ0n) is 14.3. The molecule has 1 aliphatic rings. The Labute approximate surface area is 151 Å². The number of benzene rings is 2. The summed E-state index contributed by atoms with van der Waals surface area (Å²) in [6.07, 6.45) is 0.746. The molecule has 4 rings (SSSR count). The topological polar surface area (TPSA) is 95.6 Å². The van der Waals surface area contributed by atoms with Crippen molar-refractivity contribution >= 4 is 5.91 Å². The maximum absolute atomic E-state index is 12.8. The molecule has 0 radical (unpaired) electrons. The van der Waals surface area contributed by atoms with Gasteiger partial charge in [-0.2, -0.15) is 5.21 Å². The number of carbonyl (C=O) groups excluding carboxylic acids is 1. The summed E-state index contributed by atoms with van der Waals surface area (Å²) in [6, 6.07) is 17.9. The molecule has 0 atom stereocenters. The van der Waals surface area contributed by atoms with E-state index >= 15 is 0 Å². The number of H-pyrrole nitrogens is 1. The van der Waals surface area contributed by atoms with Crippen molar-refractivity contribution < 1.29 is 4.79 Å². The first-order valence-electron chi connectivity index (χ1n) is 8.61. The van der Waals surface area contributed by atoms with Crippen molar-refractivity contribution in [2.75, 3.05) is 13.1 Å². The highest BCUT2D eigenvalue weighted by Gasteiger charge is 2.43. The standard InChI is InChI=1S/C19H20N6O/c26-18(19(12-20-13-19)10-14-5-2-1-3-6-14)21-11-15-7-4-8-16(9-15)17-22-24-25-23-17/h1-9,20H,10-13H2,(H,21,26)(H,22,23,24,25). The fourth-order valence-electron chi connectivity index (χ4n) is 3.25. The number of carbonyl (C=O) groups is 1. The summed E-state index contributed by atoms with van der Waals surface area (Å²) in [4.78, 5) is 12.8. The molecule has 1 fully saturated rings. The van der Waals surface area contributed by atoms with Gasteiger partial charge in [-0.15, -0.1) is 10.2 Å². The van der Waals surface area contributed by atoms with Gasteiger partial charge in [0, 0.05) is 25.2 Å². The summed E-state index contributed by atoms with van der Waals surface area (Å²) in [5.74, 6) is 0.631. The zero-order chi connectivity index (χ0) is 17.8. The Bertz CT molecular complexity index is 874. The Morgan fingerprint density at radius 2 is 1.88 bits per heavy atom. The quantitative estimate of drug-likeness (QED) is 0.624. The van der Waals surface area contributed by atoms with Gasteiger partial charge in [0.1, 0.15) is 0 Å². The van der Waals surface area contributed by atoms with E-state index < -0.39 is 0 Å². The van der Waals surface area contributed by atoms with Gasteiger partial charge < -0.3 is 10.6 Å². The van der Waals surface area contributed by atoms with E-state index in [-0.39, 0.29) is 11.3 Å². The van der Waals surface area contributed by atoms with Gasteiger partial charge in [-0.05, 0) is 28.8 Å². The molecule has 7 nitrogen and oxygen atoms in total. The lowest BCUT2D eigenvalue weighted by atomic mass is 9.75. The fraction of sp³-hybridized carbons (Fsp3) is 0.263. The van der Waals surface area contributed by atoms with E-state index in [1.807, 2.05) is 42.5 Å². The van der Waals surface area contributed by atoms with Crippen LogP contribution in [0.5, 0.6) is 0 Å². The van der Waals surface area contributed by atoms with Crippen LogP contribution in [0.25, 0.3) is 11.4 Å². The third kappa shape index (κ3) is 3.34. The van der Waals surface area contributed by atoms with Crippen molar-refractivity contribution in [3.63, 3.8) is 0 Å². The minimum atomic E-state index is -0.368. The number of nitrogens with zero attached hydrogens (tertiary/aromatic N) is 3. The Kier molecular flexibility index (Phi) is 4.45. The highest BCUT2D eigenvalue weighted by molar-refractivity contribution is 5.84. The average molecular weight is 348 g/mol. The lowest BCUT2D eigenvalue weighted by Gasteiger charge is -2.41. The molecule has 1 aliphatic heterocycles.